The molecule has 2 aliphatic rings. The maximum Gasteiger partial charge on any atom is 0.0531 e. The monoisotopic (exact) mass is 244 g/mol. The Balaban J connectivity index is 1.89. The molecule has 2 rings (SSSR count). The first-order valence-corrected chi connectivity index (χ1v) is 7.50. The number of piperidine rings is 1. The van der Waals surface area contributed by atoms with Crippen molar-refractivity contribution in [2.24, 2.45) is 5.41 Å². The van der Waals surface area contributed by atoms with Gasteiger partial charge in [0.1, 0.15) is 0 Å². The van der Waals surface area contributed by atoms with E-state index in [-0.39, 0.29) is 0 Å². The average Bonchev–Trinajstić information content (AvgIpc) is 2.31. The highest BCUT2D eigenvalue weighted by Gasteiger charge is 2.34. The van der Waals surface area contributed by atoms with Gasteiger partial charge >= 0.3 is 0 Å². The molecule has 0 aliphatic carbocycles. The standard InChI is InChI=1S/C12H24N2OS/c1-15-11-12(2-4-13-5-3-12)10-14-6-8-16-9-7-14/h13H,2-11H2,1H3. The molecule has 2 aliphatic heterocycles. The second-order valence-electron chi connectivity index (χ2n) is 5.07. The zero-order valence-corrected chi connectivity index (χ0v) is 11.2. The summed E-state index contributed by atoms with van der Waals surface area (Å²) in [5.41, 5.74) is 0.419. The van der Waals surface area contributed by atoms with Gasteiger partial charge in [0.05, 0.1) is 6.61 Å². The topological polar surface area (TPSA) is 24.5 Å². The van der Waals surface area contributed by atoms with E-state index in [9.17, 15) is 0 Å². The van der Waals surface area contributed by atoms with Gasteiger partial charge in [-0.15, -0.1) is 0 Å². The van der Waals surface area contributed by atoms with Crippen LogP contribution in [-0.4, -0.2) is 62.8 Å². The Bertz CT molecular complexity index is 196. The van der Waals surface area contributed by atoms with Crippen LogP contribution in [0.15, 0.2) is 0 Å². The Labute approximate surface area is 103 Å². The van der Waals surface area contributed by atoms with Crippen LogP contribution in [0.5, 0.6) is 0 Å². The highest BCUT2D eigenvalue weighted by Crippen LogP contribution is 2.31. The molecule has 2 heterocycles. The summed E-state index contributed by atoms with van der Waals surface area (Å²) in [6, 6.07) is 0. The summed E-state index contributed by atoms with van der Waals surface area (Å²) >= 11 is 2.09. The van der Waals surface area contributed by atoms with Crippen LogP contribution in [0, 0.1) is 5.41 Å². The van der Waals surface area contributed by atoms with E-state index in [0.29, 0.717) is 5.41 Å². The number of nitrogens with zero attached hydrogens (tertiary/aromatic N) is 1. The van der Waals surface area contributed by atoms with Crippen LogP contribution in [0.2, 0.25) is 0 Å². The predicted molar refractivity (Wildman–Crippen MR) is 70.2 cm³/mol. The van der Waals surface area contributed by atoms with Crippen molar-refractivity contribution in [3.63, 3.8) is 0 Å². The molecule has 4 heteroatoms. The first kappa shape index (κ1) is 12.7. The Morgan fingerprint density at radius 1 is 1.25 bits per heavy atom. The number of thioether (sulfide) groups is 1. The molecule has 0 aromatic carbocycles. The Hall–Kier alpha value is 0.230. The number of rotatable bonds is 4. The predicted octanol–water partition coefficient (Wildman–Crippen LogP) is 1.05. The number of ether oxygens (including phenoxy) is 1. The van der Waals surface area contributed by atoms with Gasteiger partial charge in [0.25, 0.3) is 0 Å². The molecule has 2 saturated heterocycles. The van der Waals surface area contributed by atoms with Crippen molar-refractivity contribution < 1.29 is 4.74 Å². The molecular weight excluding hydrogens is 220 g/mol. The smallest absolute Gasteiger partial charge is 0.0531 e. The van der Waals surface area contributed by atoms with Gasteiger partial charge in [-0.1, -0.05) is 0 Å². The van der Waals surface area contributed by atoms with Gasteiger partial charge < -0.3 is 15.0 Å². The maximum atomic E-state index is 5.47. The van der Waals surface area contributed by atoms with Gasteiger partial charge in [0.15, 0.2) is 0 Å². The minimum absolute atomic E-state index is 0.419. The van der Waals surface area contributed by atoms with Crippen LogP contribution in [0.4, 0.5) is 0 Å². The molecule has 2 fully saturated rings. The third kappa shape index (κ3) is 3.36. The Morgan fingerprint density at radius 3 is 2.56 bits per heavy atom. The second kappa shape index (κ2) is 6.24. The van der Waals surface area contributed by atoms with Crippen molar-refractivity contribution in [3.05, 3.63) is 0 Å². The van der Waals surface area contributed by atoms with E-state index in [1.165, 1.54) is 44.0 Å². The molecule has 0 aromatic heterocycles. The van der Waals surface area contributed by atoms with Gasteiger partial charge in [-0.3, -0.25) is 0 Å². The van der Waals surface area contributed by atoms with E-state index < -0.39 is 0 Å². The minimum Gasteiger partial charge on any atom is -0.384 e. The quantitative estimate of drug-likeness (QED) is 0.799. The molecule has 0 spiro atoms. The summed E-state index contributed by atoms with van der Waals surface area (Å²) in [7, 11) is 1.84. The molecule has 0 amide bonds. The third-order valence-corrected chi connectivity index (χ3v) is 4.72. The van der Waals surface area contributed by atoms with Crippen molar-refractivity contribution in [1.29, 1.82) is 0 Å². The number of methoxy groups -OCH3 is 1. The van der Waals surface area contributed by atoms with E-state index in [1.54, 1.807) is 0 Å². The van der Waals surface area contributed by atoms with Gasteiger partial charge in [0, 0.05) is 43.7 Å². The fourth-order valence-corrected chi connectivity index (χ4v) is 3.82. The third-order valence-electron chi connectivity index (χ3n) is 3.78. The summed E-state index contributed by atoms with van der Waals surface area (Å²) < 4.78 is 5.47. The largest absolute Gasteiger partial charge is 0.384 e. The first-order valence-electron chi connectivity index (χ1n) is 6.34. The Kier molecular flexibility index (Phi) is 4.95. The van der Waals surface area contributed by atoms with Crippen LogP contribution in [-0.2, 0) is 4.74 Å². The summed E-state index contributed by atoms with van der Waals surface area (Å²) in [4.78, 5) is 2.64. The van der Waals surface area contributed by atoms with Crippen LogP contribution < -0.4 is 5.32 Å². The lowest BCUT2D eigenvalue weighted by Gasteiger charge is -2.41. The SMILES string of the molecule is COCC1(CN2CCSCC2)CCNCC1. The van der Waals surface area contributed by atoms with Gasteiger partial charge in [-0.25, -0.2) is 0 Å². The molecule has 94 valence electrons. The summed E-state index contributed by atoms with van der Waals surface area (Å²) in [6.07, 6.45) is 2.54. The van der Waals surface area contributed by atoms with Crippen molar-refractivity contribution in [2.75, 3.05) is 57.9 Å². The fourth-order valence-electron chi connectivity index (χ4n) is 2.85. The van der Waals surface area contributed by atoms with Crippen molar-refractivity contribution in [2.45, 2.75) is 12.8 Å². The molecular formula is C12H24N2OS. The maximum absolute atomic E-state index is 5.47. The zero-order chi connectivity index (χ0) is 11.3. The van der Waals surface area contributed by atoms with Crippen LogP contribution >= 0.6 is 11.8 Å². The molecule has 0 atom stereocenters. The lowest BCUT2D eigenvalue weighted by atomic mass is 9.79. The molecule has 3 nitrogen and oxygen atoms in total. The molecule has 0 radical (unpaired) electrons. The minimum atomic E-state index is 0.419. The van der Waals surface area contributed by atoms with Gasteiger partial charge in [-0.2, -0.15) is 11.8 Å². The van der Waals surface area contributed by atoms with Crippen molar-refractivity contribution >= 4 is 11.8 Å². The van der Waals surface area contributed by atoms with E-state index in [2.05, 4.69) is 22.0 Å². The van der Waals surface area contributed by atoms with Crippen molar-refractivity contribution in [3.8, 4) is 0 Å². The Morgan fingerprint density at radius 2 is 1.94 bits per heavy atom. The van der Waals surface area contributed by atoms with Gasteiger partial charge in [0.2, 0.25) is 0 Å². The van der Waals surface area contributed by atoms with E-state index in [0.717, 1.165) is 19.7 Å². The van der Waals surface area contributed by atoms with Crippen LogP contribution in [0.1, 0.15) is 12.8 Å². The molecule has 0 unspecified atom stereocenters. The molecule has 0 saturated carbocycles. The normalized spacial score (nSPS) is 26.8. The summed E-state index contributed by atoms with van der Waals surface area (Å²) in [5.74, 6) is 2.61. The number of hydrogen-bond acceptors (Lipinski definition) is 4. The lowest BCUT2D eigenvalue weighted by Crippen LogP contribution is -2.49. The number of nitrogens with one attached hydrogen (secondary N) is 1. The van der Waals surface area contributed by atoms with E-state index >= 15 is 0 Å². The molecule has 1 N–H and O–H groups in total. The van der Waals surface area contributed by atoms with Crippen molar-refractivity contribution in [1.82, 2.24) is 10.2 Å². The summed E-state index contributed by atoms with van der Waals surface area (Å²) in [5, 5.41) is 3.46. The fraction of sp³-hybridized carbons (Fsp3) is 1.00. The molecule has 0 aromatic rings. The highest BCUT2D eigenvalue weighted by atomic mass is 32.2. The lowest BCUT2D eigenvalue weighted by molar-refractivity contribution is 0.0248. The second-order valence-corrected chi connectivity index (χ2v) is 6.30. The van der Waals surface area contributed by atoms with E-state index in [4.69, 9.17) is 4.74 Å². The average molecular weight is 244 g/mol. The van der Waals surface area contributed by atoms with Crippen LogP contribution in [0.3, 0.4) is 0 Å². The zero-order valence-electron chi connectivity index (χ0n) is 10.3. The number of hydrogen-bond donors (Lipinski definition) is 1. The molecule has 0 bridgehead atoms. The summed E-state index contributed by atoms with van der Waals surface area (Å²) in [6.45, 7) is 7.02. The highest BCUT2D eigenvalue weighted by molar-refractivity contribution is 7.99. The first-order chi connectivity index (χ1) is 7.85. The van der Waals surface area contributed by atoms with Crippen LogP contribution in [0.25, 0.3) is 0 Å². The van der Waals surface area contributed by atoms with E-state index in [1.807, 2.05) is 7.11 Å². The van der Waals surface area contributed by atoms with Gasteiger partial charge in [-0.05, 0) is 25.9 Å². The molecule has 16 heavy (non-hydrogen) atoms.